The lowest BCUT2D eigenvalue weighted by Gasteiger charge is -1.96. The number of pyridine rings is 2. The van der Waals surface area contributed by atoms with Crippen molar-refractivity contribution in [3.63, 3.8) is 0 Å². The first-order valence-electron chi connectivity index (χ1n) is 8.32. The predicted molar refractivity (Wildman–Crippen MR) is 105 cm³/mol. The highest BCUT2D eigenvalue weighted by molar-refractivity contribution is 5.96. The van der Waals surface area contributed by atoms with Gasteiger partial charge in [-0.1, -0.05) is 12.1 Å². The van der Waals surface area contributed by atoms with Gasteiger partial charge in [0.05, 0.1) is 12.1 Å². The van der Waals surface area contributed by atoms with Crippen LogP contribution in [0.4, 0.5) is 5.82 Å². The van der Waals surface area contributed by atoms with Crippen molar-refractivity contribution in [2.45, 2.75) is 34.1 Å². The van der Waals surface area contributed by atoms with E-state index in [9.17, 15) is 14.4 Å². The fourth-order valence-electron chi connectivity index (χ4n) is 2.26. The molecule has 3 aromatic rings. The molecule has 3 rings (SSSR count). The summed E-state index contributed by atoms with van der Waals surface area (Å²) in [5.41, 5.74) is 7.54. The third kappa shape index (κ3) is 7.60. The minimum atomic E-state index is -0.0625. The van der Waals surface area contributed by atoms with Crippen LogP contribution in [0, 0.1) is 6.92 Å². The standard InChI is InChI=1S/C10H10N2O.C5H6N2.C5H8O2/c1-7-10(8(2)13)12-6-4-3-5-9(12)11-7;6-5-3-1-2-4-7-5;1-4(6)3-5(2)7/h3-6H,1-2H3;1-4H,(H2,6,7);3H2,1-2H3. The number of hydrogen-bond donors (Lipinski definition) is 1. The van der Waals surface area contributed by atoms with Gasteiger partial charge in [0, 0.05) is 19.3 Å². The van der Waals surface area contributed by atoms with Gasteiger partial charge in [0.15, 0.2) is 5.78 Å². The molecular formula is C20H24N4O3. The summed E-state index contributed by atoms with van der Waals surface area (Å²) in [5, 5.41) is 0. The van der Waals surface area contributed by atoms with Crippen LogP contribution in [0.5, 0.6) is 0 Å². The molecule has 3 aromatic heterocycles. The van der Waals surface area contributed by atoms with E-state index in [0.717, 1.165) is 11.3 Å². The van der Waals surface area contributed by atoms with Gasteiger partial charge in [-0.05, 0) is 45.0 Å². The summed E-state index contributed by atoms with van der Waals surface area (Å²) in [5.74, 6) is 0.499. The van der Waals surface area contributed by atoms with Gasteiger partial charge < -0.3 is 5.73 Å². The Morgan fingerprint density at radius 1 is 1.00 bits per heavy atom. The Morgan fingerprint density at radius 2 is 1.63 bits per heavy atom. The van der Waals surface area contributed by atoms with Crippen molar-refractivity contribution in [2.75, 3.05) is 5.73 Å². The van der Waals surface area contributed by atoms with E-state index >= 15 is 0 Å². The van der Waals surface area contributed by atoms with E-state index in [0.29, 0.717) is 11.5 Å². The Labute approximate surface area is 158 Å². The molecule has 0 aliphatic carbocycles. The van der Waals surface area contributed by atoms with E-state index in [1.165, 1.54) is 13.8 Å². The number of aryl methyl sites for hydroxylation is 1. The fraction of sp³-hybridized carbons (Fsp3) is 0.250. The smallest absolute Gasteiger partial charge is 0.178 e. The van der Waals surface area contributed by atoms with Crippen LogP contribution in [-0.4, -0.2) is 31.7 Å². The highest BCUT2D eigenvalue weighted by Crippen LogP contribution is 2.11. The number of ketones is 3. The summed E-state index contributed by atoms with van der Waals surface area (Å²) in [4.78, 5) is 39.4. The normalized spacial score (nSPS) is 9.48. The zero-order valence-electron chi connectivity index (χ0n) is 16.0. The molecule has 2 N–H and O–H groups in total. The first kappa shape index (κ1) is 21.7. The summed E-state index contributed by atoms with van der Waals surface area (Å²) in [6.45, 7) is 6.22. The molecule has 0 fully saturated rings. The second kappa shape index (κ2) is 10.6. The maximum Gasteiger partial charge on any atom is 0.178 e. The lowest BCUT2D eigenvalue weighted by molar-refractivity contribution is -0.124. The van der Waals surface area contributed by atoms with Crippen molar-refractivity contribution < 1.29 is 14.4 Å². The first-order chi connectivity index (χ1) is 12.7. The average molecular weight is 368 g/mol. The molecule has 142 valence electrons. The number of imidazole rings is 1. The van der Waals surface area contributed by atoms with Crippen LogP contribution in [0.25, 0.3) is 5.65 Å². The number of Topliss-reactive ketones (excluding diaryl/α,β-unsaturated/α-hetero) is 3. The minimum absolute atomic E-state index is 0.0520. The summed E-state index contributed by atoms with van der Waals surface area (Å²) in [6, 6.07) is 11.1. The van der Waals surface area contributed by atoms with E-state index < -0.39 is 0 Å². The number of anilines is 1. The summed E-state index contributed by atoms with van der Waals surface area (Å²) in [6.07, 6.45) is 3.60. The van der Waals surface area contributed by atoms with Crippen molar-refractivity contribution in [1.82, 2.24) is 14.4 Å². The molecule has 7 nitrogen and oxygen atoms in total. The average Bonchev–Trinajstić information content (AvgIpc) is 2.91. The largest absolute Gasteiger partial charge is 0.384 e. The van der Waals surface area contributed by atoms with E-state index in [1.807, 2.05) is 47.9 Å². The van der Waals surface area contributed by atoms with Crippen molar-refractivity contribution in [3.05, 3.63) is 60.2 Å². The van der Waals surface area contributed by atoms with Gasteiger partial charge in [-0.3, -0.25) is 18.8 Å². The highest BCUT2D eigenvalue weighted by atomic mass is 16.1. The van der Waals surface area contributed by atoms with Crippen molar-refractivity contribution in [1.29, 1.82) is 0 Å². The van der Waals surface area contributed by atoms with Crippen LogP contribution in [0.2, 0.25) is 0 Å². The Bertz CT molecular complexity index is 905. The van der Waals surface area contributed by atoms with Gasteiger partial charge in [-0.2, -0.15) is 0 Å². The number of aromatic nitrogens is 3. The van der Waals surface area contributed by atoms with Crippen molar-refractivity contribution in [3.8, 4) is 0 Å². The zero-order chi connectivity index (χ0) is 20.4. The SMILES string of the molecule is CC(=O)CC(C)=O.CC(=O)c1c(C)nc2ccccn12.Nc1ccccn1. The van der Waals surface area contributed by atoms with Gasteiger partial charge in [-0.25, -0.2) is 9.97 Å². The molecule has 0 radical (unpaired) electrons. The number of hydrogen-bond acceptors (Lipinski definition) is 6. The molecule has 0 unspecified atom stereocenters. The number of nitrogens with two attached hydrogens (primary N) is 1. The van der Waals surface area contributed by atoms with Crippen molar-refractivity contribution in [2.24, 2.45) is 0 Å². The molecule has 0 atom stereocenters. The Balaban J connectivity index is 0.000000223. The number of rotatable bonds is 3. The van der Waals surface area contributed by atoms with Crippen LogP contribution in [0.1, 0.15) is 43.4 Å². The van der Waals surface area contributed by atoms with Crippen LogP contribution in [0.15, 0.2) is 48.8 Å². The summed E-state index contributed by atoms with van der Waals surface area (Å²) in [7, 11) is 0. The van der Waals surface area contributed by atoms with Gasteiger partial charge in [-0.15, -0.1) is 0 Å². The maximum absolute atomic E-state index is 11.3. The second-order valence-corrected chi connectivity index (χ2v) is 5.87. The quantitative estimate of drug-likeness (QED) is 0.562. The number of nitrogen functional groups attached to an aromatic ring is 1. The number of fused-ring (bicyclic) bond motifs is 1. The highest BCUT2D eigenvalue weighted by Gasteiger charge is 2.11. The number of carbonyl (C=O) groups is 3. The zero-order valence-corrected chi connectivity index (χ0v) is 16.0. The molecule has 0 bridgehead atoms. The van der Waals surface area contributed by atoms with Crippen LogP contribution < -0.4 is 5.73 Å². The molecule has 7 heteroatoms. The summed E-state index contributed by atoms with van der Waals surface area (Å²) >= 11 is 0. The Kier molecular flexibility index (Phi) is 8.51. The molecule has 0 saturated heterocycles. The third-order valence-corrected chi connectivity index (χ3v) is 3.22. The van der Waals surface area contributed by atoms with E-state index in [-0.39, 0.29) is 23.8 Å². The van der Waals surface area contributed by atoms with E-state index in [4.69, 9.17) is 5.73 Å². The second-order valence-electron chi connectivity index (χ2n) is 5.87. The molecule has 0 aliphatic rings. The molecule has 0 aromatic carbocycles. The lowest BCUT2D eigenvalue weighted by Crippen LogP contribution is -1.99. The lowest BCUT2D eigenvalue weighted by atomic mass is 10.2. The first-order valence-corrected chi connectivity index (χ1v) is 8.32. The van der Waals surface area contributed by atoms with Crippen LogP contribution in [-0.2, 0) is 9.59 Å². The van der Waals surface area contributed by atoms with Gasteiger partial charge in [0.1, 0.15) is 28.7 Å². The molecule has 3 heterocycles. The topological polar surface area (TPSA) is 107 Å². The van der Waals surface area contributed by atoms with E-state index in [2.05, 4.69) is 9.97 Å². The van der Waals surface area contributed by atoms with Gasteiger partial charge in [0.25, 0.3) is 0 Å². The molecule has 0 saturated carbocycles. The van der Waals surface area contributed by atoms with E-state index in [1.54, 1.807) is 19.2 Å². The van der Waals surface area contributed by atoms with Gasteiger partial charge in [0.2, 0.25) is 0 Å². The Morgan fingerprint density at radius 3 is 2.04 bits per heavy atom. The summed E-state index contributed by atoms with van der Waals surface area (Å²) < 4.78 is 1.82. The maximum atomic E-state index is 11.3. The third-order valence-electron chi connectivity index (χ3n) is 3.22. The number of carbonyl (C=O) groups excluding carboxylic acids is 3. The molecule has 0 aliphatic heterocycles. The number of nitrogens with zero attached hydrogens (tertiary/aromatic N) is 3. The van der Waals surface area contributed by atoms with Crippen LogP contribution >= 0.6 is 0 Å². The fourth-order valence-corrected chi connectivity index (χ4v) is 2.26. The minimum Gasteiger partial charge on any atom is -0.384 e. The monoisotopic (exact) mass is 368 g/mol. The van der Waals surface area contributed by atoms with Crippen LogP contribution in [0.3, 0.4) is 0 Å². The Hall–Kier alpha value is -3.35. The molecule has 0 spiro atoms. The molecule has 27 heavy (non-hydrogen) atoms. The molecule has 0 amide bonds. The van der Waals surface area contributed by atoms with Gasteiger partial charge >= 0.3 is 0 Å². The predicted octanol–water partition coefficient (Wildman–Crippen LogP) is 3.06. The van der Waals surface area contributed by atoms with Crippen molar-refractivity contribution >= 4 is 28.8 Å². The molecular weight excluding hydrogens is 344 g/mol.